The van der Waals surface area contributed by atoms with Gasteiger partial charge >= 0.3 is 5.97 Å². The Bertz CT molecular complexity index is 977. The molecule has 0 bridgehead atoms. The number of rotatable bonds is 3. The fraction of sp³-hybridized carbons (Fsp3) is 0.741. The van der Waals surface area contributed by atoms with Crippen molar-refractivity contribution in [2.45, 2.75) is 110 Å². The van der Waals surface area contributed by atoms with Crippen LogP contribution in [0.2, 0.25) is 0 Å². The molecule has 2 N–H and O–H groups in total. The van der Waals surface area contributed by atoms with E-state index in [0.29, 0.717) is 23.6 Å². The van der Waals surface area contributed by atoms with Gasteiger partial charge in [-0.1, -0.05) is 45.7 Å². The number of epoxide rings is 1. The summed E-state index contributed by atoms with van der Waals surface area (Å²) in [5.41, 5.74) is -0.902. The van der Waals surface area contributed by atoms with Gasteiger partial charge in [0.05, 0.1) is 51.5 Å². The predicted molar refractivity (Wildman–Crippen MR) is 141 cm³/mol. The molecule has 7 atom stereocenters. The minimum atomic E-state index is -1.27. The number of aryl methyl sites for hydroxylation is 1. The summed E-state index contributed by atoms with van der Waals surface area (Å²) in [6.45, 7) is 11.0. The van der Waals surface area contributed by atoms with Gasteiger partial charge in [0.1, 0.15) is 11.9 Å². The first-order chi connectivity index (χ1) is 16.8. The third kappa shape index (κ3) is 6.76. The number of aliphatic hydroxyl groups excluding tert-OH is 2. The number of ether oxygens (including phenoxy) is 2. The molecule has 0 amide bonds. The lowest BCUT2D eigenvalue weighted by Crippen LogP contribution is -2.46. The molecule has 1 aromatic rings. The number of ketones is 1. The van der Waals surface area contributed by atoms with E-state index in [4.69, 9.17) is 21.1 Å². The second-order valence-corrected chi connectivity index (χ2v) is 12.6. The summed E-state index contributed by atoms with van der Waals surface area (Å²) in [7, 11) is 0. The van der Waals surface area contributed by atoms with E-state index in [1.807, 2.05) is 33.1 Å². The van der Waals surface area contributed by atoms with Crippen molar-refractivity contribution in [2.75, 3.05) is 0 Å². The van der Waals surface area contributed by atoms with Crippen LogP contribution in [0.25, 0.3) is 6.08 Å². The number of esters is 1. The number of cyclic esters (lactones) is 1. The maximum Gasteiger partial charge on any atom is 0.309 e. The van der Waals surface area contributed by atoms with Crippen molar-refractivity contribution in [3.8, 4) is 0 Å². The molecule has 36 heavy (non-hydrogen) atoms. The van der Waals surface area contributed by atoms with Crippen LogP contribution in [-0.4, -0.2) is 57.0 Å². The van der Waals surface area contributed by atoms with E-state index in [2.05, 4.69) is 4.98 Å². The SMILES string of the molecule is CC[C@H]1C(=O)C(C)(C)[C@@H](O)CC(=O)O[C@H](C(Cl)=Cc2csc(C)n2)C[C@@H]2O[C@@]2(C)CCC[C@H](C)[C@@H]1O. The minimum absolute atomic E-state index is 0.0859. The average molecular weight is 542 g/mol. The lowest BCUT2D eigenvalue weighted by Gasteiger charge is -2.35. The van der Waals surface area contributed by atoms with Gasteiger partial charge in [-0.2, -0.15) is 0 Å². The molecule has 0 aliphatic carbocycles. The van der Waals surface area contributed by atoms with Gasteiger partial charge < -0.3 is 19.7 Å². The van der Waals surface area contributed by atoms with Crippen LogP contribution >= 0.6 is 22.9 Å². The predicted octanol–water partition coefficient (Wildman–Crippen LogP) is 5.04. The van der Waals surface area contributed by atoms with Crippen LogP contribution in [0.4, 0.5) is 0 Å². The first-order valence-electron chi connectivity index (χ1n) is 12.9. The van der Waals surface area contributed by atoms with Gasteiger partial charge in [-0.15, -0.1) is 11.3 Å². The number of fused-ring (bicyclic) bond motifs is 1. The number of nitrogens with zero attached hydrogens (tertiary/aromatic N) is 1. The quantitative estimate of drug-likeness (QED) is 0.407. The van der Waals surface area contributed by atoms with Crippen molar-refractivity contribution in [1.82, 2.24) is 4.98 Å². The molecule has 2 aliphatic rings. The van der Waals surface area contributed by atoms with E-state index in [9.17, 15) is 19.8 Å². The lowest BCUT2D eigenvalue weighted by atomic mass is 9.71. The Labute approximate surface area is 223 Å². The van der Waals surface area contributed by atoms with Crippen molar-refractivity contribution >= 4 is 40.8 Å². The van der Waals surface area contributed by atoms with Gasteiger partial charge in [0, 0.05) is 17.7 Å². The fourth-order valence-electron chi connectivity index (χ4n) is 5.09. The normalized spacial score (nSPS) is 36.8. The van der Waals surface area contributed by atoms with Crippen LogP contribution in [0, 0.1) is 24.2 Å². The summed E-state index contributed by atoms with van der Waals surface area (Å²) < 4.78 is 11.8. The summed E-state index contributed by atoms with van der Waals surface area (Å²) >= 11 is 8.14. The molecule has 0 spiro atoms. The number of hydrogen-bond acceptors (Lipinski definition) is 8. The van der Waals surface area contributed by atoms with Crippen LogP contribution < -0.4 is 0 Å². The maximum atomic E-state index is 13.4. The molecule has 1 aromatic heterocycles. The van der Waals surface area contributed by atoms with E-state index < -0.39 is 35.6 Å². The van der Waals surface area contributed by atoms with Crippen LogP contribution in [0.3, 0.4) is 0 Å². The zero-order chi connectivity index (χ0) is 26.8. The number of hydrogen-bond donors (Lipinski definition) is 2. The zero-order valence-electron chi connectivity index (χ0n) is 22.1. The first-order valence-corrected chi connectivity index (χ1v) is 14.1. The highest BCUT2D eigenvalue weighted by Gasteiger charge is 2.53. The van der Waals surface area contributed by atoms with Gasteiger partial charge in [0.2, 0.25) is 0 Å². The number of halogens is 1. The molecule has 9 heteroatoms. The second-order valence-electron chi connectivity index (χ2n) is 11.1. The summed E-state index contributed by atoms with van der Waals surface area (Å²) in [4.78, 5) is 30.8. The van der Waals surface area contributed by atoms with E-state index in [0.717, 1.165) is 24.3 Å². The summed E-state index contributed by atoms with van der Waals surface area (Å²) in [5, 5.41) is 25.0. The third-order valence-corrected chi connectivity index (χ3v) is 9.04. The van der Waals surface area contributed by atoms with E-state index in [1.54, 1.807) is 19.9 Å². The molecule has 202 valence electrons. The molecular weight excluding hydrogens is 502 g/mol. The number of aliphatic hydroxyl groups is 2. The number of Topliss-reactive ketones (excluding diaryl/α,β-unsaturated/α-hetero) is 1. The number of carbonyl (C=O) groups excluding carboxylic acids is 2. The topological polar surface area (TPSA) is 109 Å². The van der Waals surface area contributed by atoms with Gasteiger partial charge in [-0.3, -0.25) is 9.59 Å². The van der Waals surface area contributed by atoms with Crippen molar-refractivity contribution in [3.05, 3.63) is 21.1 Å². The van der Waals surface area contributed by atoms with Gasteiger partial charge in [-0.25, -0.2) is 4.98 Å². The van der Waals surface area contributed by atoms with Crippen molar-refractivity contribution in [2.24, 2.45) is 17.3 Å². The molecule has 3 heterocycles. The Morgan fingerprint density at radius 2 is 2.00 bits per heavy atom. The summed E-state index contributed by atoms with van der Waals surface area (Å²) in [6.07, 6.45) is 1.56. The molecule has 7 nitrogen and oxygen atoms in total. The highest BCUT2D eigenvalue weighted by atomic mass is 35.5. The number of thiazole rings is 1. The van der Waals surface area contributed by atoms with E-state index in [-0.39, 0.29) is 29.8 Å². The first kappa shape index (κ1) is 29.2. The molecule has 0 saturated carbocycles. The molecule has 3 rings (SSSR count). The summed E-state index contributed by atoms with van der Waals surface area (Å²) in [6, 6.07) is 0. The summed E-state index contributed by atoms with van der Waals surface area (Å²) in [5.74, 6) is -1.61. The molecule has 0 aromatic carbocycles. The Hall–Kier alpha value is -1.32. The smallest absolute Gasteiger partial charge is 0.309 e. The van der Waals surface area contributed by atoms with Crippen LogP contribution in [-0.2, 0) is 19.1 Å². The largest absolute Gasteiger partial charge is 0.456 e. The van der Waals surface area contributed by atoms with Crippen LogP contribution in [0.5, 0.6) is 0 Å². The molecule has 0 radical (unpaired) electrons. The Morgan fingerprint density at radius 1 is 1.31 bits per heavy atom. The van der Waals surface area contributed by atoms with E-state index in [1.165, 1.54) is 11.3 Å². The lowest BCUT2D eigenvalue weighted by molar-refractivity contribution is -0.154. The Kier molecular flexibility index (Phi) is 9.42. The van der Waals surface area contributed by atoms with Gasteiger partial charge in [0.25, 0.3) is 0 Å². The molecule has 2 aliphatic heterocycles. The molecular formula is C27H40ClNO6S. The van der Waals surface area contributed by atoms with Crippen molar-refractivity contribution < 1.29 is 29.3 Å². The number of carbonyl (C=O) groups is 2. The maximum absolute atomic E-state index is 13.4. The van der Waals surface area contributed by atoms with Crippen molar-refractivity contribution in [3.63, 3.8) is 0 Å². The van der Waals surface area contributed by atoms with Crippen molar-refractivity contribution in [1.29, 1.82) is 0 Å². The zero-order valence-corrected chi connectivity index (χ0v) is 23.7. The standard InChI is InChI=1S/C27H40ClNO6S/c1-7-18-24(32)15(2)9-8-10-27(6)22(35-27)12-20(19(28)11-17-14-36-16(3)29-17)34-23(31)13-21(30)26(4,5)25(18)33/h11,14-15,18,20-22,24,30,32H,7-10,12-13H2,1-6H3/t15-,18+,20-,21-,22-,24-,27-/m0/s1. The third-order valence-electron chi connectivity index (χ3n) is 7.90. The monoisotopic (exact) mass is 541 g/mol. The Morgan fingerprint density at radius 3 is 2.61 bits per heavy atom. The highest BCUT2D eigenvalue weighted by molar-refractivity contribution is 7.09. The molecule has 2 saturated heterocycles. The number of aromatic nitrogens is 1. The molecule has 2 fully saturated rings. The fourth-order valence-corrected chi connectivity index (χ4v) is 5.90. The average Bonchev–Trinajstić information content (AvgIpc) is 3.24. The molecule has 0 unspecified atom stereocenters. The highest BCUT2D eigenvalue weighted by Crippen LogP contribution is 2.45. The van der Waals surface area contributed by atoms with Crippen LogP contribution in [0.15, 0.2) is 10.4 Å². The Balaban J connectivity index is 1.87. The minimum Gasteiger partial charge on any atom is -0.456 e. The van der Waals surface area contributed by atoms with E-state index >= 15 is 0 Å². The van der Waals surface area contributed by atoms with Gasteiger partial charge in [-0.05, 0) is 45.1 Å². The second kappa shape index (κ2) is 11.6. The van der Waals surface area contributed by atoms with Gasteiger partial charge in [0.15, 0.2) is 0 Å². The van der Waals surface area contributed by atoms with Crippen LogP contribution in [0.1, 0.15) is 83.8 Å².